The first-order chi connectivity index (χ1) is 22.1. The van der Waals surface area contributed by atoms with Crippen LogP contribution in [0.1, 0.15) is 51.0 Å². The van der Waals surface area contributed by atoms with Crippen LogP contribution in [0.5, 0.6) is 0 Å². The molecule has 2 N–H and O–H groups in total. The molecule has 1 aromatic rings. The number of imide groups is 1. The third kappa shape index (κ3) is 5.62. The molecule has 5 aliphatic rings. The molecule has 2 fully saturated rings. The van der Waals surface area contributed by atoms with Crippen LogP contribution < -0.4 is 0 Å². The normalized spacial score (nSPS) is 30.7. The first-order valence-electron chi connectivity index (χ1n) is 15.0. The molecule has 0 saturated heterocycles. The van der Waals surface area contributed by atoms with Gasteiger partial charge < -0.3 is 10.2 Å². The minimum atomic E-state index is -5.74. The Labute approximate surface area is 270 Å². The summed E-state index contributed by atoms with van der Waals surface area (Å²) in [6.45, 7) is 1.30. The predicted molar refractivity (Wildman–Crippen MR) is 153 cm³/mol. The van der Waals surface area contributed by atoms with E-state index < -0.39 is 76.3 Å². The lowest BCUT2D eigenvalue weighted by Gasteiger charge is -2.43. The summed E-state index contributed by atoms with van der Waals surface area (Å²) in [6, 6.07) is 3.68. The van der Waals surface area contributed by atoms with Crippen LogP contribution in [0.15, 0.2) is 54.7 Å². The number of carbonyl (C=O) groups is 4. The fourth-order valence-electron chi connectivity index (χ4n) is 7.63. The predicted octanol–water partition coefficient (Wildman–Crippen LogP) is 6.86. The van der Waals surface area contributed by atoms with Gasteiger partial charge >= 0.3 is 29.7 Å². The van der Waals surface area contributed by atoms with E-state index in [0.29, 0.717) is 6.42 Å². The molecule has 1 aliphatic heterocycles. The Morgan fingerprint density at radius 1 is 0.833 bits per heavy atom. The molecule has 0 aromatic heterocycles. The van der Waals surface area contributed by atoms with E-state index in [4.69, 9.17) is 5.11 Å². The number of carboxylic acid groups (broad SMARTS) is 2. The summed E-state index contributed by atoms with van der Waals surface area (Å²) in [7, 11) is 1.45. The number of likely N-dealkylation sites (N-methyl/N-ethyl adjacent to an activating group) is 1. The number of carbonyl (C=O) groups excluding carboxylic acids is 2. The van der Waals surface area contributed by atoms with Gasteiger partial charge in [0, 0.05) is 37.6 Å². The van der Waals surface area contributed by atoms with E-state index in [1.165, 1.54) is 43.5 Å². The summed E-state index contributed by atoms with van der Waals surface area (Å²) < 4.78 is 109. The molecule has 1 heterocycles. The Morgan fingerprint density at radius 3 is 1.62 bits per heavy atom. The number of amides is 2. The van der Waals surface area contributed by atoms with Crippen LogP contribution in [0, 0.1) is 46.1 Å². The van der Waals surface area contributed by atoms with Gasteiger partial charge in [0.2, 0.25) is 0 Å². The maximum Gasteiger partial charge on any atom is 0.372 e. The van der Waals surface area contributed by atoms with E-state index in [2.05, 4.69) is 0 Å². The van der Waals surface area contributed by atoms with Gasteiger partial charge in [0.25, 0.3) is 11.8 Å². The largest absolute Gasteiger partial charge is 0.481 e. The fraction of sp³-hybridized carbons (Fsp3) is 0.515. The highest BCUT2D eigenvalue weighted by atomic mass is 19.3. The molecular weight excluding hydrogens is 658 g/mol. The number of hydrogen-bond acceptors (Lipinski definition) is 4. The second kappa shape index (κ2) is 12.4. The van der Waals surface area contributed by atoms with Gasteiger partial charge in [0.05, 0.1) is 5.41 Å². The lowest BCUT2D eigenvalue weighted by molar-refractivity contribution is -0.338. The lowest BCUT2D eigenvalue weighted by atomic mass is 9.65. The lowest BCUT2D eigenvalue weighted by Crippen LogP contribution is -2.64. The van der Waals surface area contributed by atoms with Crippen molar-refractivity contribution in [3.63, 3.8) is 0 Å². The fourth-order valence-corrected chi connectivity index (χ4v) is 7.63. The third-order valence-corrected chi connectivity index (χ3v) is 10.3. The molecule has 48 heavy (non-hydrogen) atoms. The van der Waals surface area contributed by atoms with Gasteiger partial charge in [-0.2, -0.15) is 26.3 Å². The Hall–Kier alpha value is -4.04. The summed E-state index contributed by atoms with van der Waals surface area (Å²) in [5.74, 6) is -23.6. The van der Waals surface area contributed by atoms with Crippen molar-refractivity contribution in [2.24, 2.45) is 34.5 Å². The zero-order chi connectivity index (χ0) is 36.2. The van der Waals surface area contributed by atoms with Gasteiger partial charge in [-0.05, 0) is 61.5 Å². The molecule has 262 valence electrons. The molecule has 15 heteroatoms. The standard InChI is InChI=1S/C16H16F2O2.C12H12F6O2.C5H5NO2/c1-9(14-12(17)3-2-4-13(14)18)16(15(19)20)8-10-5-6-11(16)7-10;1-9(13,14)11(15,16)12(17,18)10(8(19)20)5-6-2-3-7(10)4-6;1-6-4(7)2-3-5(6)8/h2-6,9-11H,7-8H2,1H3,(H,19,20);2-3,6-7H,4-5H2,1H3,(H,19,20);2-3H,1H3. The van der Waals surface area contributed by atoms with Crippen molar-refractivity contribution in [2.45, 2.75) is 63.2 Å². The molecular formula is C33H33F8NO6. The minimum absolute atomic E-state index is 0.0345. The summed E-state index contributed by atoms with van der Waals surface area (Å²) in [5.41, 5.74) is -4.38. The number of benzene rings is 1. The van der Waals surface area contributed by atoms with Crippen LogP contribution in [-0.4, -0.2) is 63.7 Å². The number of hydrogen-bond donors (Lipinski definition) is 2. The van der Waals surface area contributed by atoms with E-state index in [9.17, 15) is 59.4 Å². The third-order valence-electron chi connectivity index (χ3n) is 10.3. The molecule has 7 atom stereocenters. The number of halogens is 8. The zero-order valence-electron chi connectivity index (χ0n) is 25.9. The summed E-state index contributed by atoms with van der Waals surface area (Å²) in [4.78, 5) is 45.0. The number of aliphatic carboxylic acids is 2. The molecule has 7 nitrogen and oxygen atoms in total. The minimum Gasteiger partial charge on any atom is -0.481 e. The van der Waals surface area contributed by atoms with E-state index in [-0.39, 0.29) is 42.6 Å². The van der Waals surface area contributed by atoms with Crippen LogP contribution in [0.25, 0.3) is 0 Å². The Kier molecular flexibility index (Phi) is 9.54. The quantitative estimate of drug-likeness (QED) is 0.184. The van der Waals surface area contributed by atoms with E-state index in [1.54, 1.807) is 6.92 Å². The van der Waals surface area contributed by atoms with E-state index in [0.717, 1.165) is 17.4 Å². The van der Waals surface area contributed by atoms with Crippen LogP contribution in [0.2, 0.25) is 0 Å². The van der Waals surface area contributed by atoms with Crippen molar-refractivity contribution in [2.75, 3.05) is 7.05 Å². The molecule has 7 unspecified atom stereocenters. The SMILES string of the molecule is CC(F)(F)C(F)(F)C(F)(F)C1(C(=O)O)CC2C=CC1C2.CC(c1c(F)cccc1F)C1(C(=O)O)CC2C=CC1C2.CN1C(=O)C=CC1=O. The molecule has 0 spiro atoms. The smallest absolute Gasteiger partial charge is 0.372 e. The number of fused-ring (bicyclic) bond motifs is 4. The average Bonchev–Trinajstić information content (AvgIpc) is 3.83. The second-order valence-corrected chi connectivity index (χ2v) is 13.0. The topological polar surface area (TPSA) is 112 Å². The molecule has 0 radical (unpaired) electrons. The van der Waals surface area contributed by atoms with Crippen molar-refractivity contribution in [1.82, 2.24) is 4.90 Å². The Bertz CT molecular complexity index is 1550. The number of allylic oxidation sites excluding steroid dienone is 4. The highest BCUT2D eigenvalue weighted by Gasteiger charge is 2.81. The number of nitrogens with zero attached hydrogens (tertiary/aromatic N) is 1. The van der Waals surface area contributed by atoms with Crippen molar-refractivity contribution >= 4 is 23.8 Å². The molecule has 2 amide bonds. The van der Waals surface area contributed by atoms with Crippen molar-refractivity contribution in [3.05, 3.63) is 71.9 Å². The Balaban J connectivity index is 0.000000177. The number of carboxylic acids is 2. The summed E-state index contributed by atoms with van der Waals surface area (Å²) >= 11 is 0. The van der Waals surface area contributed by atoms with Gasteiger partial charge in [-0.3, -0.25) is 24.1 Å². The number of alkyl halides is 6. The Morgan fingerprint density at radius 2 is 1.31 bits per heavy atom. The molecule has 6 rings (SSSR count). The van der Waals surface area contributed by atoms with Crippen LogP contribution >= 0.6 is 0 Å². The van der Waals surface area contributed by atoms with Gasteiger partial charge in [-0.15, -0.1) is 0 Å². The van der Waals surface area contributed by atoms with Gasteiger partial charge in [-0.25, -0.2) is 8.78 Å². The summed E-state index contributed by atoms with van der Waals surface area (Å²) in [6.07, 6.45) is 9.43. The molecule has 1 aromatic carbocycles. The average molecular weight is 692 g/mol. The maximum absolute atomic E-state index is 14.1. The van der Waals surface area contributed by atoms with Crippen molar-refractivity contribution in [3.8, 4) is 0 Å². The molecule has 4 aliphatic carbocycles. The van der Waals surface area contributed by atoms with Gasteiger partial charge in [-0.1, -0.05) is 37.3 Å². The van der Waals surface area contributed by atoms with Gasteiger partial charge in [0.15, 0.2) is 0 Å². The highest BCUT2D eigenvalue weighted by Crippen LogP contribution is 2.65. The van der Waals surface area contributed by atoms with E-state index in [1.807, 2.05) is 12.2 Å². The first kappa shape index (κ1) is 36.8. The maximum atomic E-state index is 14.1. The van der Waals surface area contributed by atoms with Crippen molar-refractivity contribution in [1.29, 1.82) is 0 Å². The first-order valence-corrected chi connectivity index (χ1v) is 15.0. The highest BCUT2D eigenvalue weighted by molar-refractivity contribution is 6.12. The molecule has 2 saturated carbocycles. The van der Waals surface area contributed by atoms with Crippen molar-refractivity contribution < 1.29 is 64.5 Å². The summed E-state index contributed by atoms with van der Waals surface area (Å²) in [5, 5.41) is 18.8. The number of rotatable bonds is 7. The van der Waals surface area contributed by atoms with Crippen LogP contribution in [0.3, 0.4) is 0 Å². The second-order valence-electron chi connectivity index (χ2n) is 13.0. The van der Waals surface area contributed by atoms with Crippen LogP contribution in [0.4, 0.5) is 35.1 Å². The van der Waals surface area contributed by atoms with E-state index >= 15 is 0 Å². The monoisotopic (exact) mass is 691 g/mol. The molecule has 4 bridgehead atoms. The van der Waals surface area contributed by atoms with Crippen LogP contribution in [-0.2, 0) is 19.2 Å². The zero-order valence-corrected chi connectivity index (χ0v) is 25.9. The van der Waals surface area contributed by atoms with Gasteiger partial charge in [0.1, 0.15) is 17.0 Å².